The van der Waals surface area contributed by atoms with Gasteiger partial charge in [-0.25, -0.2) is 4.79 Å². The van der Waals surface area contributed by atoms with E-state index in [9.17, 15) is 4.79 Å². The first kappa shape index (κ1) is 16.3. The molecule has 0 radical (unpaired) electrons. The molecule has 0 aliphatic heterocycles. The summed E-state index contributed by atoms with van der Waals surface area (Å²) in [6, 6.07) is 7.52. The standard InChI is InChI=1S/C15H18N6O2S/c1-4-23-13-7-5-6-12(21-15(22)20(3)17-18-21)11(13)10-24-14-8-9-19(2)16-14/h5-9H,4,10H2,1-3H3. The second kappa shape index (κ2) is 6.91. The molecule has 24 heavy (non-hydrogen) atoms. The third-order valence-electron chi connectivity index (χ3n) is 3.41. The zero-order valence-corrected chi connectivity index (χ0v) is 14.5. The molecule has 3 rings (SSSR count). The first-order chi connectivity index (χ1) is 11.6. The molecule has 0 unspecified atom stereocenters. The van der Waals surface area contributed by atoms with Gasteiger partial charge in [-0.15, -0.1) is 0 Å². The molecular weight excluding hydrogens is 328 g/mol. The third kappa shape index (κ3) is 3.21. The Morgan fingerprint density at radius 1 is 1.21 bits per heavy atom. The first-order valence-corrected chi connectivity index (χ1v) is 8.45. The highest BCUT2D eigenvalue weighted by molar-refractivity contribution is 7.98. The molecule has 0 atom stereocenters. The summed E-state index contributed by atoms with van der Waals surface area (Å²) in [5.74, 6) is 1.34. The lowest BCUT2D eigenvalue weighted by Crippen LogP contribution is -2.23. The van der Waals surface area contributed by atoms with E-state index in [2.05, 4.69) is 15.5 Å². The second-order valence-corrected chi connectivity index (χ2v) is 6.10. The van der Waals surface area contributed by atoms with Crippen LogP contribution in [0.25, 0.3) is 5.69 Å². The molecular formula is C15H18N6O2S. The van der Waals surface area contributed by atoms with Gasteiger partial charge in [0.15, 0.2) is 0 Å². The van der Waals surface area contributed by atoms with Crippen LogP contribution < -0.4 is 10.4 Å². The molecule has 0 aliphatic carbocycles. The molecule has 0 bridgehead atoms. The Hall–Kier alpha value is -2.55. The average molecular weight is 346 g/mol. The molecule has 0 spiro atoms. The number of benzene rings is 1. The number of ether oxygens (including phenoxy) is 1. The van der Waals surface area contributed by atoms with Gasteiger partial charge < -0.3 is 4.74 Å². The summed E-state index contributed by atoms with van der Waals surface area (Å²) in [7, 11) is 3.45. The summed E-state index contributed by atoms with van der Waals surface area (Å²) in [4.78, 5) is 12.2. The minimum atomic E-state index is -0.298. The van der Waals surface area contributed by atoms with Crippen LogP contribution in [-0.2, 0) is 19.8 Å². The minimum absolute atomic E-state index is 0.298. The maximum Gasteiger partial charge on any atom is 0.368 e. The molecule has 2 heterocycles. The molecule has 0 amide bonds. The van der Waals surface area contributed by atoms with Crippen molar-refractivity contribution in [1.82, 2.24) is 29.6 Å². The lowest BCUT2D eigenvalue weighted by Gasteiger charge is -2.13. The van der Waals surface area contributed by atoms with Gasteiger partial charge in [0.2, 0.25) is 0 Å². The van der Waals surface area contributed by atoms with Gasteiger partial charge in [0.1, 0.15) is 10.8 Å². The molecule has 2 aromatic heterocycles. The Balaban J connectivity index is 2.00. The van der Waals surface area contributed by atoms with Gasteiger partial charge in [-0.2, -0.15) is 14.5 Å². The zero-order chi connectivity index (χ0) is 17.1. The van der Waals surface area contributed by atoms with Crippen LogP contribution in [0.5, 0.6) is 5.75 Å². The Bertz CT molecular complexity index is 898. The van der Waals surface area contributed by atoms with Crippen molar-refractivity contribution < 1.29 is 4.74 Å². The number of aromatic nitrogens is 6. The van der Waals surface area contributed by atoms with Gasteiger partial charge >= 0.3 is 5.69 Å². The van der Waals surface area contributed by atoms with Gasteiger partial charge in [0.05, 0.1) is 12.3 Å². The summed E-state index contributed by atoms with van der Waals surface area (Å²) in [5, 5.41) is 13.0. The first-order valence-electron chi connectivity index (χ1n) is 7.46. The van der Waals surface area contributed by atoms with Crippen LogP contribution in [0.4, 0.5) is 0 Å². The highest BCUT2D eigenvalue weighted by Gasteiger charge is 2.16. The number of thioether (sulfide) groups is 1. The fourth-order valence-corrected chi connectivity index (χ4v) is 3.20. The van der Waals surface area contributed by atoms with Gasteiger partial charge in [-0.05, 0) is 35.5 Å². The van der Waals surface area contributed by atoms with Crippen LogP contribution in [0.2, 0.25) is 0 Å². The van der Waals surface area contributed by atoms with Crippen molar-refractivity contribution >= 4 is 11.8 Å². The van der Waals surface area contributed by atoms with E-state index >= 15 is 0 Å². The molecule has 0 saturated carbocycles. The fourth-order valence-electron chi connectivity index (χ4n) is 2.27. The topological polar surface area (TPSA) is 79.8 Å². The molecule has 126 valence electrons. The van der Waals surface area contributed by atoms with E-state index in [1.165, 1.54) is 9.36 Å². The highest BCUT2D eigenvalue weighted by Crippen LogP contribution is 2.31. The van der Waals surface area contributed by atoms with Crippen LogP contribution in [0.15, 0.2) is 40.3 Å². The SMILES string of the molecule is CCOc1cccc(-n2nnn(C)c2=O)c1CSc1ccn(C)n1. The van der Waals surface area contributed by atoms with E-state index in [1.54, 1.807) is 23.5 Å². The fraction of sp³-hybridized carbons (Fsp3) is 0.333. The second-order valence-electron chi connectivity index (χ2n) is 5.10. The van der Waals surface area contributed by atoms with Crippen LogP contribution in [0.3, 0.4) is 0 Å². The van der Waals surface area contributed by atoms with E-state index in [4.69, 9.17) is 4.74 Å². The molecule has 0 aliphatic rings. The Morgan fingerprint density at radius 3 is 2.67 bits per heavy atom. The lowest BCUT2D eigenvalue weighted by atomic mass is 10.2. The summed E-state index contributed by atoms with van der Waals surface area (Å²) >= 11 is 1.57. The molecule has 8 nitrogen and oxygen atoms in total. The number of tetrazole rings is 1. The number of aryl methyl sites for hydroxylation is 2. The van der Waals surface area contributed by atoms with Crippen LogP contribution >= 0.6 is 11.8 Å². The average Bonchev–Trinajstić information content (AvgIpc) is 3.13. The lowest BCUT2D eigenvalue weighted by molar-refractivity contribution is 0.337. The van der Waals surface area contributed by atoms with Gasteiger partial charge in [-0.1, -0.05) is 17.8 Å². The quantitative estimate of drug-likeness (QED) is 0.628. The van der Waals surface area contributed by atoms with E-state index in [1.807, 2.05) is 44.4 Å². The van der Waals surface area contributed by atoms with Crippen LogP contribution in [0, 0.1) is 0 Å². The predicted octanol–water partition coefficient (Wildman–Crippen LogP) is 1.39. The van der Waals surface area contributed by atoms with E-state index in [0.29, 0.717) is 18.0 Å². The number of rotatable bonds is 6. The molecule has 3 aromatic rings. The Morgan fingerprint density at radius 2 is 2.04 bits per heavy atom. The summed E-state index contributed by atoms with van der Waals surface area (Å²) in [5.41, 5.74) is 1.26. The number of nitrogens with zero attached hydrogens (tertiary/aromatic N) is 6. The third-order valence-corrected chi connectivity index (χ3v) is 4.36. The van der Waals surface area contributed by atoms with E-state index < -0.39 is 0 Å². The van der Waals surface area contributed by atoms with E-state index in [0.717, 1.165) is 16.3 Å². The van der Waals surface area contributed by atoms with Crippen molar-refractivity contribution in [3.8, 4) is 11.4 Å². The largest absolute Gasteiger partial charge is 0.493 e. The molecule has 1 aromatic carbocycles. The molecule has 0 N–H and O–H groups in total. The van der Waals surface area contributed by atoms with Gasteiger partial charge in [-0.3, -0.25) is 4.68 Å². The van der Waals surface area contributed by atoms with Crippen molar-refractivity contribution in [3.63, 3.8) is 0 Å². The minimum Gasteiger partial charge on any atom is -0.493 e. The van der Waals surface area contributed by atoms with Crippen molar-refractivity contribution in [2.45, 2.75) is 17.7 Å². The maximum absolute atomic E-state index is 12.2. The smallest absolute Gasteiger partial charge is 0.368 e. The Labute approximate surface area is 143 Å². The zero-order valence-electron chi connectivity index (χ0n) is 13.7. The van der Waals surface area contributed by atoms with E-state index in [-0.39, 0.29) is 5.69 Å². The van der Waals surface area contributed by atoms with Crippen LogP contribution in [-0.4, -0.2) is 36.2 Å². The normalized spacial score (nSPS) is 11.0. The maximum atomic E-state index is 12.2. The predicted molar refractivity (Wildman–Crippen MR) is 90.5 cm³/mol. The van der Waals surface area contributed by atoms with Gasteiger partial charge in [0, 0.05) is 31.6 Å². The Kier molecular flexibility index (Phi) is 4.70. The molecule has 0 fully saturated rings. The number of hydrogen-bond acceptors (Lipinski definition) is 6. The van der Waals surface area contributed by atoms with Crippen molar-refractivity contribution in [1.29, 1.82) is 0 Å². The van der Waals surface area contributed by atoms with Crippen molar-refractivity contribution in [2.24, 2.45) is 14.1 Å². The summed E-state index contributed by atoms with van der Waals surface area (Å²) in [6.45, 7) is 2.47. The highest BCUT2D eigenvalue weighted by atomic mass is 32.2. The number of hydrogen-bond donors (Lipinski definition) is 0. The summed E-state index contributed by atoms with van der Waals surface area (Å²) in [6.07, 6.45) is 1.89. The van der Waals surface area contributed by atoms with Gasteiger partial charge in [0.25, 0.3) is 0 Å². The van der Waals surface area contributed by atoms with Crippen LogP contribution in [0.1, 0.15) is 12.5 Å². The molecule has 0 saturated heterocycles. The monoisotopic (exact) mass is 346 g/mol. The molecule has 9 heteroatoms. The summed E-state index contributed by atoms with van der Waals surface area (Å²) < 4.78 is 9.97. The van der Waals surface area contributed by atoms with Crippen molar-refractivity contribution in [2.75, 3.05) is 6.61 Å². The van der Waals surface area contributed by atoms with Crippen molar-refractivity contribution in [3.05, 3.63) is 46.5 Å².